The van der Waals surface area contributed by atoms with Gasteiger partial charge in [0, 0.05) is 18.0 Å². The Labute approximate surface area is 103 Å². The van der Waals surface area contributed by atoms with E-state index < -0.39 is 0 Å². The van der Waals surface area contributed by atoms with Crippen LogP contribution in [-0.2, 0) is 0 Å². The number of hydrogen-bond donors (Lipinski definition) is 1. The summed E-state index contributed by atoms with van der Waals surface area (Å²) in [4.78, 5) is 4.46. The van der Waals surface area contributed by atoms with Gasteiger partial charge in [-0.3, -0.25) is 0 Å². The van der Waals surface area contributed by atoms with Gasteiger partial charge < -0.3 is 14.8 Å². The summed E-state index contributed by atoms with van der Waals surface area (Å²) in [6, 6.07) is 5.92. The van der Waals surface area contributed by atoms with Gasteiger partial charge in [0.05, 0.1) is 0 Å². The molecule has 88 valence electrons. The van der Waals surface area contributed by atoms with E-state index in [1.165, 1.54) is 0 Å². The fourth-order valence-corrected chi connectivity index (χ4v) is 2.51. The van der Waals surface area contributed by atoms with E-state index in [-0.39, 0.29) is 0 Å². The molecular formula is C12H12N2O2S. The molecule has 1 aromatic heterocycles. The van der Waals surface area contributed by atoms with Crippen LogP contribution in [0.1, 0.15) is 0 Å². The van der Waals surface area contributed by atoms with Crippen molar-refractivity contribution in [1.29, 1.82) is 0 Å². The highest BCUT2D eigenvalue weighted by atomic mass is 32.1. The summed E-state index contributed by atoms with van der Waals surface area (Å²) in [5, 5.41) is 5.99. The number of fused-ring (bicyclic) bond motifs is 1. The SMILES string of the molecule is CNc1csc(-c2ccc3c(c2)OCCO3)n1. The van der Waals surface area contributed by atoms with E-state index >= 15 is 0 Å². The van der Waals surface area contributed by atoms with Crippen LogP contribution >= 0.6 is 11.3 Å². The largest absolute Gasteiger partial charge is 0.486 e. The number of hydrogen-bond acceptors (Lipinski definition) is 5. The van der Waals surface area contributed by atoms with Gasteiger partial charge >= 0.3 is 0 Å². The first-order valence-corrected chi connectivity index (χ1v) is 6.28. The molecule has 3 rings (SSSR count). The van der Waals surface area contributed by atoms with Crippen LogP contribution < -0.4 is 14.8 Å². The van der Waals surface area contributed by atoms with Crippen LogP contribution in [0, 0.1) is 0 Å². The lowest BCUT2D eigenvalue weighted by atomic mass is 10.2. The summed E-state index contributed by atoms with van der Waals surface area (Å²) in [5.41, 5.74) is 1.06. The molecule has 0 aliphatic carbocycles. The van der Waals surface area contributed by atoms with Crippen molar-refractivity contribution in [3.63, 3.8) is 0 Å². The molecule has 0 spiro atoms. The molecule has 0 atom stereocenters. The highest BCUT2D eigenvalue weighted by Gasteiger charge is 2.13. The molecule has 1 aliphatic rings. The van der Waals surface area contributed by atoms with E-state index in [0.717, 1.165) is 27.9 Å². The van der Waals surface area contributed by atoms with Crippen LogP contribution in [0.2, 0.25) is 0 Å². The highest BCUT2D eigenvalue weighted by Crippen LogP contribution is 2.35. The van der Waals surface area contributed by atoms with Crippen molar-refractivity contribution in [3.8, 4) is 22.1 Å². The third kappa shape index (κ3) is 1.93. The Morgan fingerprint density at radius 1 is 1.24 bits per heavy atom. The molecule has 0 unspecified atom stereocenters. The normalized spacial score (nSPS) is 13.5. The molecule has 1 aliphatic heterocycles. The first kappa shape index (κ1) is 10.4. The van der Waals surface area contributed by atoms with Gasteiger partial charge in [0.25, 0.3) is 0 Å². The number of rotatable bonds is 2. The van der Waals surface area contributed by atoms with Crippen molar-refractivity contribution in [2.45, 2.75) is 0 Å². The van der Waals surface area contributed by atoms with Crippen LogP contribution in [0.3, 0.4) is 0 Å². The van der Waals surface area contributed by atoms with E-state index in [0.29, 0.717) is 13.2 Å². The standard InChI is InChI=1S/C12H12N2O2S/c1-13-11-7-17-12(14-11)8-2-3-9-10(6-8)16-5-4-15-9/h2-3,6-7,13H,4-5H2,1H3. The summed E-state index contributed by atoms with van der Waals surface area (Å²) >= 11 is 1.61. The molecular weight excluding hydrogens is 236 g/mol. The van der Waals surface area contributed by atoms with E-state index in [1.54, 1.807) is 11.3 Å². The number of thiazole rings is 1. The van der Waals surface area contributed by atoms with Gasteiger partial charge in [-0.2, -0.15) is 0 Å². The van der Waals surface area contributed by atoms with E-state index in [2.05, 4.69) is 10.3 Å². The lowest BCUT2D eigenvalue weighted by Crippen LogP contribution is -2.15. The van der Waals surface area contributed by atoms with Crippen LogP contribution in [-0.4, -0.2) is 25.2 Å². The minimum absolute atomic E-state index is 0.607. The Bertz CT molecular complexity index is 539. The molecule has 17 heavy (non-hydrogen) atoms. The molecule has 4 nitrogen and oxygen atoms in total. The summed E-state index contributed by atoms with van der Waals surface area (Å²) in [6.45, 7) is 1.23. The van der Waals surface area contributed by atoms with E-state index in [9.17, 15) is 0 Å². The first-order chi connectivity index (χ1) is 8.36. The van der Waals surface area contributed by atoms with Crippen molar-refractivity contribution in [3.05, 3.63) is 23.6 Å². The predicted octanol–water partition coefficient (Wildman–Crippen LogP) is 2.62. The van der Waals surface area contributed by atoms with Crippen LogP contribution in [0.15, 0.2) is 23.6 Å². The van der Waals surface area contributed by atoms with Crippen LogP contribution in [0.5, 0.6) is 11.5 Å². The minimum Gasteiger partial charge on any atom is -0.486 e. The molecule has 0 radical (unpaired) electrons. The minimum atomic E-state index is 0.607. The average Bonchev–Trinajstić information content (AvgIpc) is 2.87. The molecule has 0 amide bonds. The van der Waals surface area contributed by atoms with E-state index in [4.69, 9.17) is 9.47 Å². The quantitative estimate of drug-likeness (QED) is 0.887. The maximum atomic E-state index is 5.55. The van der Waals surface area contributed by atoms with Crippen molar-refractivity contribution < 1.29 is 9.47 Å². The molecule has 0 fully saturated rings. The second-order valence-corrected chi connectivity index (χ2v) is 4.50. The number of benzene rings is 1. The monoisotopic (exact) mass is 248 g/mol. The summed E-state index contributed by atoms with van der Waals surface area (Å²) < 4.78 is 11.0. The lowest BCUT2D eigenvalue weighted by Gasteiger charge is -2.18. The number of aromatic nitrogens is 1. The first-order valence-electron chi connectivity index (χ1n) is 5.40. The molecule has 1 N–H and O–H groups in total. The van der Waals surface area contributed by atoms with Crippen molar-refractivity contribution in [1.82, 2.24) is 4.98 Å². The summed E-state index contributed by atoms with van der Waals surface area (Å²) in [6.07, 6.45) is 0. The zero-order chi connectivity index (χ0) is 11.7. The second-order valence-electron chi connectivity index (χ2n) is 3.65. The van der Waals surface area contributed by atoms with Crippen molar-refractivity contribution in [2.75, 3.05) is 25.6 Å². The molecule has 2 heterocycles. The average molecular weight is 248 g/mol. The molecule has 0 saturated carbocycles. The molecule has 5 heteroatoms. The molecule has 2 aromatic rings. The van der Waals surface area contributed by atoms with Crippen LogP contribution in [0.25, 0.3) is 10.6 Å². The number of ether oxygens (including phenoxy) is 2. The number of nitrogens with one attached hydrogen (secondary N) is 1. The maximum absolute atomic E-state index is 5.55. The Kier molecular flexibility index (Phi) is 2.60. The molecule has 0 saturated heterocycles. The fourth-order valence-electron chi connectivity index (χ4n) is 1.70. The van der Waals surface area contributed by atoms with Gasteiger partial charge in [-0.15, -0.1) is 11.3 Å². The Morgan fingerprint density at radius 3 is 2.82 bits per heavy atom. The fraction of sp³-hybridized carbons (Fsp3) is 0.250. The van der Waals surface area contributed by atoms with Gasteiger partial charge in [0.2, 0.25) is 0 Å². The zero-order valence-electron chi connectivity index (χ0n) is 9.40. The Hall–Kier alpha value is -1.75. The topological polar surface area (TPSA) is 43.4 Å². The van der Waals surface area contributed by atoms with Gasteiger partial charge in [-0.1, -0.05) is 0 Å². The van der Waals surface area contributed by atoms with Crippen molar-refractivity contribution in [2.24, 2.45) is 0 Å². The van der Waals surface area contributed by atoms with Gasteiger partial charge in [-0.25, -0.2) is 4.98 Å². The van der Waals surface area contributed by atoms with Crippen LogP contribution in [0.4, 0.5) is 5.82 Å². The number of anilines is 1. The van der Waals surface area contributed by atoms with Crippen molar-refractivity contribution >= 4 is 17.2 Å². The Balaban J connectivity index is 1.97. The zero-order valence-corrected chi connectivity index (χ0v) is 10.2. The lowest BCUT2D eigenvalue weighted by molar-refractivity contribution is 0.171. The maximum Gasteiger partial charge on any atom is 0.162 e. The van der Waals surface area contributed by atoms with Gasteiger partial charge in [0.15, 0.2) is 11.5 Å². The number of nitrogens with zero attached hydrogens (tertiary/aromatic N) is 1. The third-order valence-corrected chi connectivity index (χ3v) is 3.44. The Morgan fingerprint density at radius 2 is 2.06 bits per heavy atom. The molecule has 0 bridgehead atoms. The summed E-state index contributed by atoms with van der Waals surface area (Å²) in [5.74, 6) is 2.50. The van der Waals surface area contributed by atoms with E-state index in [1.807, 2.05) is 30.6 Å². The van der Waals surface area contributed by atoms with Gasteiger partial charge in [0.1, 0.15) is 24.0 Å². The highest BCUT2D eigenvalue weighted by molar-refractivity contribution is 7.13. The molecule has 1 aromatic carbocycles. The predicted molar refractivity (Wildman–Crippen MR) is 68.1 cm³/mol. The smallest absolute Gasteiger partial charge is 0.162 e. The second kappa shape index (κ2) is 4.25. The third-order valence-electron chi connectivity index (χ3n) is 2.55. The summed E-state index contributed by atoms with van der Waals surface area (Å²) in [7, 11) is 1.86. The van der Waals surface area contributed by atoms with Gasteiger partial charge in [-0.05, 0) is 18.2 Å².